The number of hydrogen-bond donors (Lipinski definition) is 1. The van der Waals surface area contributed by atoms with Crippen LogP contribution in [-0.2, 0) is 6.54 Å². The lowest BCUT2D eigenvalue weighted by atomic mass is 10.1. The van der Waals surface area contributed by atoms with Crippen LogP contribution in [-0.4, -0.2) is 13.7 Å². The number of nitrogens with one attached hydrogen (secondary N) is 1. The Hall–Kier alpha value is -2.23. The van der Waals surface area contributed by atoms with Crippen LogP contribution in [0, 0.1) is 5.82 Å². The summed E-state index contributed by atoms with van der Waals surface area (Å²) in [5.41, 5.74) is 1.85. The summed E-state index contributed by atoms with van der Waals surface area (Å²) in [6.07, 6.45) is 0. The van der Waals surface area contributed by atoms with Crippen LogP contribution in [0.3, 0.4) is 0 Å². The third-order valence-electron chi connectivity index (χ3n) is 2.90. The number of rotatable bonds is 6. The molecule has 0 radical (unpaired) electrons. The summed E-state index contributed by atoms with van der Waals surface area (Å²) in [6, 6.07) is 12.0. The van der Waals surface area contributed by atoms with E-state index in [1.165, 1.54) is 12.1 Å². The first kappa shape index (κ1) is 14.2. The Bertz CT molecular complexity index is 555. The maximum atomic E-state index is 12.8. The van der Waals surface area contributed by atoms with E-state index in [4.69, 9.17) is 9.47 Å². The fraction of sp³-hybridized carbons (Fsp3) is 0.250. The fourth-order valence-corrected chi connectivity index (χ4v) is 1.93. The van der Waals surface area contributed by atoms with E-state index in [-0.39, 0.29) is 5.82 Å². The minimum atomic E-state index is -0.244. The molecule has 4 heteroatoms. The quantitative estimate of drug-likeness (QED) is 0.868. The molecule has 2 aromatic carbocycles. The zero-order valence-electron chi connectivity index (χ0n) is 11.7. The van der Waals surface area contributed by atoms with Crippen LogP contribution in [0.2, 0.25) is 0 Å². The van der Waals surface area contributed by atoms with E-state index in [2.05, 4.69) is 5.32 Å². The molecule has 2 aromatic rings. The Morgan fingerprint density at radius 1 is 1.10 bits per heavy atom. The van der Waals surface area contributed by atoms with Gasteiger partial charge in [0.25, 0.3) is 0 Å². The number of ether oxygens (including phenoxy) is 2. The fourth-order valence-electron chi connectivity index (χ4n) is 1.93. The highest BCUT2D eigenvalue weighted by Crippen LogP contribution is 2.31. The molecule has 1 N–H and O–H groups in total. The van der Waals surface area contributed by atoms with Crippen molar-refractivity contribution in [1.29, 1.82) is 0 Å². The molecule has 0 atom stereocenters. The largest absolute Gasteiger partial charge is 0.493 e. The highest BCUT2D eigenvalue weighted by Gasteiger charge is 2.09. The summed E-state index contributed by atoms with van der Waals surface area (Å²) in [6.45, 7) is 3.09. The minimum Gasteiger partial charge on any atom is -0.493 e. The molecule has 2 rings (SSSR count). The van der Waals surface area contributed by atoms with Crippen molar-refractivity contribution in [2.45, 2.75) is 13.5 Å². The average molecular weight is 275 g/mol. The van der Waals surface area contributed by atoms with Gasteiger partial charge in [-0.3, -0.25) is 0 Å². The van der Waals surface area contributed by atoms with Gasteiger partial charge in [-0.25, -0.2) is 4.39 Å². The van der Waals surface area contributed by atoms with Gasteiger partial charge >= 0.3 is 0 Å². The van der Waals surface area contributed by atoms with E-state index in [1.54, 1.807) is 19.2 Å². The predicted molar refractivity (Wildman–Crippen MR) is 77.9 cm³/mol. The molecule has 0 saturated heterocycles. The number of hydrogen-bond acceptors (Lipinski definition) is 3. The lowest BCUT2D eigenvalue weighted by molar-refractivity contribution is 0.308. The summed E-state index contributed by atoms with van der Waals surface area (Å²) in [5, 5.41) is 3.24. The molecule has 0 amide bonds. The van der Waals surface area contributed by atoms with Gasteiger partial charge < -0.3 is 14.8 Å². The number of methoxy groups -OCH3 is 1. The van der Waals surface area contributed by atoms with Gasteiger partial charge in [-0.05, 0) is 37.3 Å². The topological polar surface area (TPSA) is 30.5 Å². The standard InChI is InChI=1S/C16H18FNO2/c1-3-20-16-12(5-4-6-15(16)19-2)11-18-14-9-7-13(17)8-10-14/h4-10,18H,3,11H2,1-2H3. The molecule has 3 nitrogen and oxygen atoms in total. The molecule has 0 heterocycles. The Balaban J connectivity index is 2.14. The number of benzene rings is 2. The van der Waals surface area contributed by atoms with Crippen molar-refractivity contribution < 1.29 is 13.9 Å². The Labute approximate surface area is 118 Å². The van der Waals surface area contributed by atoms with Crippen LogP contribution in [0.25, 0.3) is 0 Å². The molecule has 20 heavy (non-hydrogen) atoms. The SMILES string of the molecule is CCOc1c(CNc2ccc(F)cc2)cccc1OC. The second kappa shape index (κ2) is 6.80. The number of anilines is 1. The first-order chi connectivity index (χ1) is 9.74. The second-order valence-corrected chi connectivity index (χ2v) is 4.24. The van der Waals surface area contributed by atoms with Crippen molar-refractivity contribution in [2.24, 2.45) is 0 Å². The van der Waals surface area contributed by atoms with E-state index >= 15 is 0 Å². The zero-order chi connectivity index (χ0) is 14.4. The van der Waals surface area contributed by atoms with Gasteiger partial charge in [0.2, 0.25) is 0 Å². The summed E-state index contributed by atoms with van der Waals surface area (Å²) in [7, 11) is 1.62. The van der Waals surface area contributed by atoms with E-state index in [0.29, 0.717) is 18.9 Å². The third kappa shape index (κ3) is 3.41. The van der Waals surface area contributed by atoms with Crippen LogP contribution >= 0.6 is 0 Å². The Morgan fingerprint density at radius 3 is 2.50 bits per heavy atom. The molecule has 0 bridgehead atoms. The van der Waals surface area contributed by atoms with E-state index < -0.39 is 0 Å². The molecule has 0 aliphatic carbocycles. The lowest BCUT2D eigenvalue weighted by Gasteiger charge is -2.15. The molecule has 0 aliphatic heterocycles. The molecule has 0 aromatic heterocycles. The maximum absolute atomic E-state index is 12.8. The molecular formula is C16H18FNO2. The first-order valence-corrected chi connectivity index (χ1v) is 6.52. The average Bonchev–Trinajstić information content (AvgIpc) is 2.48. The summed E-state index contributed by atoms with van der Waals surface area (Å²) in [5.74, 6) is 1.21. The molecule has 0 aliphatic rings. The van der Waals surface area contributed by atoms with Crippen LogP contribution < -0.4 is 14.8 Å². The van der Waals surface area contributed by atoms with Crippen molar-refractivity contribution >= 4 is 5.69 Å². The van der Waals surface area contributed by atoms with Crippen molar-refractivity contribution in [2.75, 3.05) is 19.0 Å². The van der Waals surface area contributed by atoms with Gasteiger partial charge in [-0.1, -0.05) is 12.1 Å². The number of halogens is 1. The lowest BCUT2D eigenvalue weighted by Crippen LogP contribution is -2.04. The van der Waals surface area contributed by atoms with E-state index in [1.807, 2.05) is 25.1 Å². The zero-order valence-corrected chi connectivity index (χ0v) is 11.7. The van der Waals surface area contributed by atoms with Gasteiger partial charge in [0.05, 0.1) is 13.7 Å². The normalized spacial score (nSPS) is 10.2. The molecule has 0 spiro atoms. The molecular weight excluding hydrogens is 257 g/mol. The van der Waals surface area contributed by atoms with Crippen molar-refractivity contribution in [3.05, 3.63) is 53.8 Å². The smallest absolute Gasteiger partial charge is 0.166 e. The highest BCUT2D eigenvalue weighted by molar-refractivity contribution is 5.50. The summed E-state index contributed by atoms with van der Waals surface area (Å²) in [4.78, 5) is 0. The van der Waals surface area contributed by atoms with Crippen molar-refractivity contribution in [1.82, 2.24) is 0 Å². The van der Waals surface area contributed by atoms with E-state index in [0.717, 1.165) is 17.0 Å². The molecule has 0 unspecified atom stereocenters. The third-order valence-corrected chi connectivity index (χ3v) is 2.90. The van der Waals surface area contributed by atoms with Gasteiger partial charge in [0.15, 0.2) is 11.5 Å². The minimum absolute atomic E-state index is 0.244. The van der Waals surface area contributed by atoms with Crippen LogP contribution in [0.15, 0.2) is 42.5 Å². The van der Waals surface area contributed by atoms with Crippen molar-refractivity contribution in [3.63, 3.8) is 0 Å². The first-order valence-electron chi connectivity index (χ1n) is 6.52. The maximum Gasteiger partial charge on any atom is 0.166 e. The Kier molecular flexibility index (Phi) is 4.82. The predicted octanol–water partition coefficient (Wildman–Crippen LogP) is 3.85. The van der Waals surface area contributed by atoms with Gasteiger partial charge in [0, 0.05) is 17.8 Å². The monoisotopic (exact) mass is 275 g/mol. The van der Waals surface area contributed by atoms with Gasteiger partial charge in [-0.2, -0.15) is 0 Å². The van der Waals surface area contributed by atoms with Gasteiger partial charge in [0.1, 0.15) is 5.82 Å². The van der Waals surface area contributed by atoms with Crippen LogP contribution in [0.5, 0.6) is 11.5 Å². The highest BCUT2D eigenvalue weighted by atomic mass is 19.1. The van der Waals surface area contributed by atoms with Crippen molar-refractivity contribution in [3.8, 4) is 11.5 Å². The van der Waals surface area contributed by atoms with Crippen LogP contribution in [0.1, 0.15) is 12.5 Å². The second-order valence-electron chi connectivity index (χ2n) is 4.24. The molecule has 0 saturated carbocycles. The van der Waals surface area contributed by atoms with E-state index in [9.17, 15) is 4.39 Å². The Morgan fingerprint density at radius 2 is 1.85 bits per heavy atom. The number of para-hydroxylation sites is 1. The molecule has 0 fully saturated rings. The summed E-state index contributed by atoms with van der Waals surface area (Å²) >= 11 is 0. The van der Waals surface area contributed by atoms with Crippen LogP contribution in [0.4, 0.5) is 10.1 Å². The molecule has 106 valence electrons. The van der Waals surface area contributed by atoms with Gasteiger partial charge in [-0.15, -0.1) is 0 Å². The summed E-state index contributed by atoms with van der Waals surface area (Å²) < 4.78 is 23.8.